The number of amides is 2. The maximum Gasteiger partial charge on any atom is 0.247 e. The van der Waals surface area contributed by atoms with Crippen molar-refractivity contribution in [2.45, 2.75) is 45.1 Å². The van der Waals surface area contributed by atoms with Crippen molar-refractivity contribution >= 4 is 45.0 Å². The Kier molecular flexibility index (Phi) is 5.77. The van der Waals surface area contributed by atoms with Gasteiger partial charge in [0.15, 0.2) is 5.13 Å². The number of nitrogens with one attached hydrogen (secondary N) is 1. The fourth-order valence-corrected chi connectivity index (χ4v) is 5.89. The molecule has 6 rings (SSSR count). The summed E-state index contributed by atoms with van der Waals surface area (Å²) in [5.41, 5.74) is 5.60. The molecule has 1 saturated carbocycles. The van der Waals surface area contributed by atoms with E-state index < -0.39 is 0 Å². The van der Waals surface area contributed by atoms with Crippen LogP contribution in [0.5, 0.6) is 0 Å². The Bertz CT molecular complexity index is 1400. The smallest absolute Gasteiger partial charge is 0.247 e. The van der Waals surface area contributed by atoms with E-state index >= 15 is 0 Å². The van der Waals surface area contributed by atoms with Gasteiger partial charge in [-0.1, -0.05) is 42.7 Å². The lowest BCUT2D eigenvalue weighted by atomic mass is 9.88. The molecule has 2 aliphatic rings. The molecule has 1 fully saturated rings. The van der Waals surface area contributed by atoms with E-state index in [2.05, 4.69) is 26.7 Å². The van der Waals surface area contributed by atoms with Crippen LogP contribution in [0.2, 0.25) is 0 Å². The van der Waals surface area contributed by atoms with Gasteiger partial charge in [-0.2, -0.15) is 0 Å². The Balaban J connectivity index is 1.13. The minimum absolute atomic E-state index is 0.0686. The van der Waals surface area contributed by atoms with Gasteiger partial charge in [-0.15, -0.1) is 16.4 Å². The summed E-state index contributed by atoms with van der Waals surface area (Å²) in [5.74, 6) is 0.261. The second-order valence-electron chi connectivity index (χ2n) is 9.24. The van der Waals surface area contributed by atoms with E-state index in [1.807, 2.05) is 46.7 Å². The van der Waals surface area contributed by atoms with Gasteiger partial charge in [0.1, 0.15) is 12.1 Å². The molecule has 0 bridgehead atoms. The Morgan fingerprint density at radius 2 is 1.94 bits per heavy atom. The maximum atomic E-state index is 13.1. The zero-order chi connectivity index (χ0) is 23.8. The Morgan fingerprint density at radius 1 is 1.09 bits per heavy atom. The maximum absolute atomic E-state index is 13.1. The van der Waals surface area contributed by atoms with Gasteiger partial charge >= 0.3 is 0 Å². The van der Waals surface area contributed by atoms with Gasteiger partial charge in [0.25, 0.3) is 0 Å². The van der Waals surface area contributed by atoms with Crippen LogP contribution in [0.25, 0.3) is 22.3 Å². The molecule has 0 saturated heterocycles. The van der Waals surface area contributed by atoms with Gasteiger partial charge in [-0.05, 0) is 49.1 Å². The molecule has 1 aliphatic carbocycles. The number of benzene rings is 2. The first-order valence-electron chi connectivity index (χ1n) is 12.1. The van der Waals surface area contributed by atoms with Crippen molar-refractivity contribution in [3.8, 4) is 11.3 Å². The molecule has 0 spiro atoms. The van der Waals surface area contributed by atoms with E-state index in [0.717, 1.165) is 66.6 Å². The number of nitrogens with zero attached hydrogens (tertiary/aromatic N) is 5. The van der Waals surface area contributed by atoms with Crippen LogP contribution >= 0.6 is 11.3 Å². The van der Waals surface area contributed by atoms with Crippen molar-refractivity contribution in [1.29, 1.82) is 0 Å². The third kappa shape index (κ3) is 4.32. The van der Waals surface area contributed by atoms with Crippen molar-refractivity contribution < 1.29 is 9.59 Å². The number of rotatable bonds is 5. The first-order valence-corrected chi connectivity index (χ1v) is 13.0. The minimum Gasteiger partial charge on any atom is -0.312 e. The lowest BCUT2D eigenvalue weighted by molar-refractivity contribution is -0.123. The molecule has 2 aromatic carbocycles. The summed E-state index contributed by atoms with van der Waals surface area (Å²) < 4.78 is 1.58. The fraction of sp³-hybridized carbons (Fsp3) is 0.346. The van der Waals surface area contributed by atoms with Crippen LogP contribution in [0.15, 0.2) is 47.8 Å². The first-order chi connectivity index (χ1) is 17.2. The number of hydrogen-bond acceptors (Lipinski definition) is 6. The van der Waals surface area contributed by atoms with Crippen LogP contribution < -0.4 is 10.2 Å². The minimum atomic E-state index is -0.202. The van der Waals surface area contributed by atoms with Gasteiger partial charge in [-0.3, -0.25) is 9.59 Å². The summed E-state index contributed by atoms with van der Waals surface area (Å²) >= 11 is 1.39. The average molecular weight is 487 g/mol. The van der Waals surface area contributed by atoms with Crippen molar-refractivity contribution in [3.63, 3.8) is 0 Å². The van der Waals surface area contributed by atoms with Gasteiger partial charge in [-0.25, -0.2) is 9.67 Å². The van der Waals surface area contributed by atoms with Crippen LogP contribution in [0.1, 0.15) is 37.7 Å². The Labute approximate surface area is 207 Å². The van der Waals surface area contributed by atoms with E-state index in [1.54, 1.807) is 4.68 Å². The van der Waals surface area contributed by atoms with E-state index in [0.29, 0.717) is 5.13 Å². The van der Waals surface area contributed by atoms with Crippen LogP contribution in [0, 0.1) is 5.92 Å². The number of fused-ring (bicyclic) bond motifs is 2. The highest BCUT2D eigenvalue weighted by Crippen LogP contribution is 2.36. The average Bonchev–Trinajstić information content (AvgIpc) is 3.63. The van der Waals surface area contributed by atoms with E-state index in [4.69, 9.17) is 0 Å². The summed E-state index contributed by atoms with van der Waals surface area (Å²) in [5, 5.41) is 13.5. The zero-order valence-electron chi connectivity index (χ0n) is 19.3. The van der Waals surface area contributed by atoms with Gasteiger partial charge in [0.2, 0.25) is 11.8 Å². The number of hydrogen-bond donors (Lipinski definition) is 1. The van der Waals surface area contributed by atoms with Crippen molar-refractivity contribution in [2.75, 3.05) is 16.8 Å². The molecule has 8 nitrogen and oxygen atoms in total. The van der Waals surface area contributed by atoms with E-state index in [-0.39, 0.29) is 24.3 Å². The number of aromatic nitrogens is 4. The SMILES string of the molecule is O=C(Cn1nnc2ccccc21)Nc1nc(-c2ccc3c(c2)CCN3C(=O)C2CCCCC2)cs1. The Hall–Kier alpha value is -3.59. The molecule has 2 aromatic heterocycles. The van der Waals surface area contributed by atoms with Crippen LogP contribution in [-0.4, -0.2) is 38.3 Å². The lowest BCUT2D eigenvalue weighted by Crippen LogP contribution is -2.35. The molecule has 9 heteroatoms. The third-order valence-corrected chi connectivity index (χ3v) is 7.71. The molecule has 0 unspecified atom stereocenters. The molecule has 1 N–H and O–H groups in total. The van der Waals surface area contributed by atoms with E-state index in [9.17, 15) is 9.59 Å². The summed E-state index contributed by atoms with van der Waals surface area (Å²) in [6, 6.07) is 13.7. The molecule has 2 amide bonds. The zero-order valence-corrected chi connectivity index (χ0v) is 20.1. The van der Waals surface area contributed by atoms with Crippen LogP contribution in [0.4, 0.5) is 10.8 Å². The van der Waals surface area contributed by atoms with Gasteiger partial charge < -0.3 is 10.2 Å². The normalized spacial score (nSPS) is 15.9. The highest BCUT2D eigenvalue weighted by atomic mass is 32.1. The highest BCUT2D eigenvalue weighted by Gasteiger charge is 2.31. The molecular weight excluding hydrogens is 460 g/mol. The summed E-state index contributed by atoms with van der Waals surface area (Å²) in [7, 11) is 0. The predicted molar refractivity (Wildman–Crippen MR) is 136 cm³/mol. The fourth-order valence-electron chi connectivity index (χ4n) is 5.15. The van der Waals surface area contributed by atoms with Crippen molar-refractivity contribution in [2.24, 2.45) is 5.92 Å². The molecule has 35 heavy (non-hydrogen) atoms. The molecule has 0 atom stereocenters. The number of thiazole rings is 1. The van der Waals surface area contributed by atoms with Crippen molar-refractivity contribution in [3.05, 3.63) is 53.4 Å². The lowest BCUT2D eigenvalue weighted by Gasteiger charge is -2.26. The predicted octanol–water partition coefficient (Wildman–Crippen LogP) is 4.66. The standard InChI is InChI=1S/C26H26N6O2S/c33-24(15-32-23-9-5-4-8-20(23)29-30-32)28-26-27-21(16-35-26)18-10-11-22-19(14-18)12-13-31(22)25(34)17-6-2-1-3-7-17/h4-5,8-11,14,16-17H,1-3,6-7,12-13,15H2,(H,27,28,33). The number of anilines is 2. The van der Waals surface area contributed by atoms with Crippen molar-refractivity contribution in [1.82, 2.24) is 20.0 Å². The largest absolute Gasteiger partial charge is 0.312 e. The van der Waals surface area contributed by atoms with Crippen LogP contribution in [0.3, 0.4) is 0 Å². The molecular formula is C26H26N6O2S. The number of carbonyl (C=O) groups excluding carboxylic acids is 2. The number of para-hydroxylation sites is 1. The second kappa shape index (κ2) is 9.22. The Morgan fingerprint density at radius 3 is 2.83 bits per heavy atom. The van der Waals surface area contributed by atoms with E-state index in [1.165, 1.54) is 23.3 Å². The molecule has 4 aromatic rings. The highest BCUT2D eigenvalue weighted by molar-refractivity contribution is 7.14. The first kappa shape index (κ1) is 21.9. The van der Waals surface area contributed by atoms with Gasteiger partial charge in [0, 0.05) is 29.1 Å². The van der Waals surface area contributed by atoms with Crippen LogP contribution in [-0.2, 0) is 22.6 Å². The summed E-state index contributed by atoms with van der Waals surface area (Å²) in [4.78, 5) is 32.3. The summed E-state index contributed by atoms with van der Waals surface area (Å²) in [6.07, 6.45) is 6.47. The molecule has 1 aliphatic heterocycles. The second-order valence-corrected chi connectivity index (χ2v) is 10.1. The molecule has 178 valence electrons. The quantitative estimate of drug-likeness (QED) is 0.443. The molecule has 0 radical (unpaired) electrons. The molecule has 3 heterocycles. The third-order valence-electron chi connectivity index (χ3n) is 6.96. The summed E-state index contributed by atoms with van der Waals surface area (Å²) in [6.45, 7) is 0.822. The van der Waals surface area contributed by atoms with Gasteiger partial charge in [0.05, 0.1) is 11.2 Å². The topological polar surface area (TPSA) is 93.0 Å². The monoisotopic (exact) mass is 486 g/mol. The number of carbonyl (C=O) groups is 2.